The van der Waals surface area contributed by atoms with Crippen LogP contribution in [0, 0.1) is 19.7 Å². The van der Waals surface area contributed by atoms with Crippen LogP contribution in [-0.4, -0.2) is 15.7 Å². The van der Waals surface area contributed by atoms with Crippen molar-refractivity contribution >= 4 is 17.5 Å². The standard InChI is InChI=1S/C20H19ClFN3O/c1-13-18(11-23-20(26)17-10-16(21)8-9-19(17)22)14(2)25(24-13)12-15-6-4-3-5-7-15/h3-10H,11-12H2,1-2H3,(H,23,26). The number of rotatable bonds is 5. The van der Waals surface area contributed by atoms with Gasteiger partial charge >= 0.3 is 0 Å². The molecule has 0 unspecified atom stereocenters. The molecule has 134 valence electrons. The molecule has 0 fully saturated rings. The molecule has 2 aromatic carbocycles. The smallest absolute Gasteiger partial charge is 0.254 e. The highest BCUT2D eigenvalue weighted by Crippen LogP contribution is 2.17. The highest BCUT2D eigenvalue weighted by molar-refractivity contribution is 6.31. The second-order valence-corrected chi connectivity index (χ2v) is 6.54. The lowest BCUT2D eigenvalue weighted by atomic mass is 10.1. The van der Waals surface area contributed by atoms with Crippen molar-refractivity contribution in [3.8, 4) is 0 Å². The fraction of sp³-hybridized carbons (Fsp3) is 0.200. The normalized spacial score (nSPS) is 10.8. The summed E-state index contributed by atoms with van der Waals surface area (Å²) >= 11 is 5.85. The van der Waals surface area contributed by atoms with Crippen LogP contribution in [0.15, 0.2) is 48.5 Å². The summed E-state index contributed by atoms with van der Waals surface area (Å²) in [6, 6.07) is 14.0. The molecule has 3 rings (SSSR count). The maximum atomic E-state index is 13.8. The van der Waals surface area contributed by atoms with Crippen LogP contribution in [0.25, 0.3) is 0 Å². The lowest BCUT2D eigenvalue weighted by molar-refractivity contribution is 0.0947. The van der Waals surface area contributed by atoms with E-state index < -0.39 is 11.7 Å². The Balaban J connectivity index is 1.74. The Hall–Kier alpha value is -2.66. The number of halogens is 2. The molecule has 1 heterocycles. The molecule has 0 saturated carbocycles. The van der Waals surface area contributed by atoms with Gasteiger partial charge in [0, 0.05) is 22.8 Å². The Kier molecular flexibility index (Phi) is 5.38. The zero-order chi connectivity index (χ0) is 18.7. The van der Waals surface area contributed by atoms with E-state index in [0.717, 1.165) is 22.5 Å². The first-order valence-electron chi connectivity index (χ1n) is 8.25. The molecule has 0 radical (unpaired) electrons. The highest BCUT2D eigenvalue weighted by Gasteiger charge is 2.16. The number of aryl methyl sites for hydroxylation is 1. The molecule has 26 heavy (non-hydrogen) atoms. The number of hydrogen-bond acceptors (Lipinski definition) is 2. The fourth-order valence-corrected chi connectivity index (χ4v) is 3.01. The average Bonchev–Trinajstić information content (AvgIpc) is 2.89. The van der Waals surface area contributed by atoms with Crippen LogP contribution in [0.1, 0.15) is 32.9 Å². The molecule has 0 saturated heterocycles. The minimum absolute atomic E-state index is 0.0653. The number of hydrogen-bond donors (Lipinski definition) is 1. The third-order valence-electron chi connectivity index (χ3n) is 4.31. The van der Waals surface area contributed by atoms with Crippen LogP contribution < -0.4 is 5.32 Å². The van der Waals surface area contributed by atoms with Crippen molar-refractivity contribution in [3.05, 3.63) is 87.4 Å². The SMILES string of the molecule is Cc1nn(Cc2ccccc2)c(C)c1CNC(=O)c1cc(Cl)ccc1F. The Morgan fingerprint density at radius 3 is 2.65 bits per heavy atom. The first-order valence-corrected chi connectivity index (χ1v) is 8.63. The summed E-state index contributed by atoms with van der Waals surface area (Å²) < 4.78 is 15.7. The molecular weight excluding hydrogens is 353 g/mol. The van der Waals surface area contributed by atoms with Gasteiger partial charge < -0.3 is 5.32 Å². The lowest BCUT2D eigenvalue weighted by Crippen LogP contribution is -2.24. The number of carbonyl (C=O) groups is 1. The molecule has 0 aliphatic rings. The van der Waals surface area contributed by atoms with Gasteiger partial charge in [-0.25, -0.2) is 4.39 Å². The van der Waals surface area contributed by atoms with Crippen molar-refractivity contribution in [1.29, 1.82) is 0 Å². The van der Waals surface area contributed by atoms with Crippen LogP contribution in [0.2, 0.25) is 5.02 Å². The van der Waals surface area contributed by atoms with Gasteiger partial charge in [-0.3, -0.25) is 9.48 Å². The molecular formula is C20H19ClFN3O. The van der Waals surface area contributed by atoms with E-state index in [-0.39, 0.29) is 12.1 Å². The Morgan fingerprint density at radius 1 is 1.19 bits per heavy atom. The molecule has 0 bridgehead atoms. The topological polar surface area (TPSA) is 46.9 Å². The lowest BCUT2D eigenvalue weighted by Gasteiger charge is -2.08. The van der Waals surface area contributed by atoms with Gasteiger partial charge in [0.25, 0.3) is 5.91 Å². The van der Waals surface area contributed by atoms with Crippen molar-refractivity contribution < 1.29 is 9.18 Å². The van der Waals surface area contributed by atoms with Crippen molar-refractivity contribution in [2.45, 2.75) is 26.9 Å². The highest BCUT2D eigenvalue weighted by atomic mass is 35.5. The zero-order valence-electron chi connectivity index (χ0n) is 14.6. The van der Waals surface area contributed by atoms with Gasteiger partial charge in [0.2, 0.25) is 0 Å². The van der Waals surface area contributed by atoms with Gasteiger partial charge in [-0.2, -0.15) is 5.10 Å². The van der Waals surface area contributed by atoms with Gasteiger partial charge in [0.15, 0.2) is 0 Å². The number of nitrogens with one attached hydrogen (secondary N) is 1. The van der Waals surface area contributed by atoms with E-state index in [1.54, 1.807) is 0 Å². The van der Waals surface area contributed by atoms with Crippen LogP contribution in [0.4, 0.5) is 4.39 Å². The van der Waals surface area contributed by atoms with Gasteiger partial charge in [-0.05, 0) is 37.6 Å². The summed E-state index contributed by atoms with van der Waals surface area (Å²) in [4.78, 5) is 12.3. The van der Waals surface area contributed by atoms with Gasteiger partial charge in [0.1, 0.15) is 5.82 Å². The Labute approximate surface area is 156 Å². The van der Waals surface area contributed by atoms with Crippen LogP contribution >= 0.6 is 11.6 Å². The fourth-order valence-electron chi connectivity index (χ4n) is 2.84. The molecule has 0 aliphatic carbocycles. The molecule has 6 heteroatoms. The molecule has 1 amide bonds. The molecule has 4 nitrogen and oxygen atoms in total. The Morgan fingerprint density at radius 2 is 1.92 bits per heavy atom. The van der Waals surface area contributed by atoms with Crippen LogP contribution in [0.5, 0.6) is 0 Å². The molecule has 0 atom stereocenters. The van der Waals surface area contributed by atoms with Crippen molar-refractivity contribution in [3.63, 3.8) is 0 Å². The maximum absolute atomic E-state index is 13.8. The molecule has 0 spiro atoms. The number of nitrogens with zero attached hydrogens (tertiary/aromatic N) is 2. The van der Waals surface area contributed by atoms with E-state index in [4.69, 9.17) is 11.6 Å². The van der Waals surface area contributed by atoms with Crippen molar-refractivity contribution in [2.75, 3.05) is 0 Å². The summed E-state index contributed by atoms with van der Waals surface area (Å²) in [6.45, 7) is 4.79. The van der Waals surface area contributed by atoms with Gasteiger partial charge in [0.05, 0.1) is 17.8 Å². The van der Waals surface area contributed by atoms with Gasteiger partial charge in [-0.15, -0.1) is 0 Å². The zero-order valence-corrected chi connectivity index (χ0v) is 15.3. The summed E-state index contributed by atoms with van der Waals surface area (Å²) in [5, 5.41) is 7.63. The molecule has 1 N–H and O–H groups in total. The minimum Gasteiger partial charge on any atom is -0.348 e. The average molecular weight is 372 g/mol. The second-order valence-electron chi connectivity index (χ2n) is 6.10. The largest absolute Gasteiger partial charge is 0.348 e. The third-order valence-corrected chi connectivity index (χ3v) is 4.54. The Bertz CT molecular complexity index is 938. The van der Waals surface area contributed by atoms with E-state index in [9.17, 15) is 9.18 Å². The first-order chi connectivity index (χ1) is 12.5. The summed E-state index contributed by atoms with van der Waals surface area (Å²) in [6.07, 6.45) is 0. The van der Waals surface area contributed by atoms with E-state index in [2.05, 4.69) is 10.4 Å². The summed E-state index contributed by atoms with van der Waals surface area (Å²) in [5.41, 5.74) is 3.82. The quantitative estimate of drug-likeness (QED) is 0.728. The predicted molar refractivity (Wildman–Crippen MR) is 99.8 cm³/mol. The number of benzene rings is 2. The maximum Gasteiger partial charge on any atom is 0.254 e. The monoisotopic (exact) mass is 371 g/mol. The third kappa shape index (κ3) is 3.94. The first kappa shape index (κ1) is 18.1. The predicted octanol–water partition coefficient (Wildman–Crippen LogP) is 4.27. The number of carbonyl (C=O) groups excluding carboxylic acids is 1. The molecule has 3 aromatic rings. The summed E-state index contributed by atoms with van der Waals surface area (Å²) in [7, 11) is 0. The van der Waals surface area contributed by atoms with Crippen LogP contribution in [-0.2, 0) is 13.1 Å². The van der Waals surface area contributed by atoms with E-state index in [0.29, 0.717) is 11.6 Å². The minimum atomic E-state index is -0.597. The van der Waals surface area contributed by atoms with E-state index in [1.807, 2.05) is 48.9 Å². The van der Waals surface area contributed by atoms with Gasteiger partial charge in [-0.1, -0.05) is 41.9 Å². The molecule has 0 aliphatic heterocycles. The second kappa shape index (κ2) is 7.70. The number of amides is 1. The summed E-state index contributed by atoms with van der Waals surface area (Å²) in [5.74, 6) is -1.10. The molecule has 1 aromatic heterocycles. The van der Waals surface area contributed by atoms with E-state index >= 15 is 0 Å². The van der Waals surface area contributed by atoms with Crippen molar-refractivity contribution in [2.24, 2.45) is 0 Å². The van der Waals surface area contributed by atoms with E-state index in [1.165, 1.54) is 18.2 Å². The number of aromatic nitrogens is 2. The van der Waals surface area contributed by atoms with Crippen LogP contribution in [0.3, 0.4) is 0 Å². The van der Waals surface area contributed by atoms with Crippen molar-refractivity contribution in [1.82, 2.24) is 15.1 Å².